The van der Waals surface area contributed by atoms with Crippen LogP contribution in [-0.4, -0.2) is 39.0 Å². The number of halogens is 1. The Morgan fingerprint density at radius 2 is 1.94 bits per heavy atom. The summed E-state index contributed by atoms with van der Waals surface area (Å²) in [6.45, 7) is 4.65. The molecule has 166 valence electrons. The Labute approximate surface area is 191 Å². The van der Waals surface area contributed by atoms with Gasteiger partial charge >= 0.3 is 0 Å². The lowest BCUT2D eigenvalue weighted by atomic mass is 10.0. The van der Waals surface area contributed by atoms with Crippen molar-refractivity contribution in [2.75, 3.05) is 19.0 Å². The maximum atomic E-state index is 12.3. The highest BCUT2D eigenvalue weighted by atomic mass is 35.5. The average Bonchev–Trinajstić information content (AvgIpc) is 3.17. The van der Waals surface area contributed by atoms with Gasteiger partial charge in [0.2, 0.25) is 5.65 Å². The van der Waals surface area contributed by atoms with Crippen LogP contribution < -0.4 is 10.1 Å². The molecule has 0 saturated carbocycles. The van der Waals surface area contributed by atoms with Crippen molar-refractivity contribution in [2.45, 2.75) is 39.5 Å². The summed E-state index contributed by atoms with van der Waals surface area (Å²) in [5.74, 6) is 2.39. The fraction of sp³-hybridized carbons (Fsp3) is 0.333. The molecule has 0 saturated heterocycles. The molecule has 2 heterocycles. The molecule has 0 aliphatic carbocycles. The number of carbonyl (C=O) groups is 1. The predicted octanol–water partition coefficient (Wildman–Crippen LogP) is 5.41. The lowest BCUT2D eigenvalue weighted by Crippen LogP contribution is -2.07. The molecule has 0 aliphatic rings. The number of methoxy groups -OCH3 is 1. The number of benzene rings is 2. The summed E-state index contributed by atoms with van der Waals surface area (Å²) < 4.78 is 7.47. The van der Waals surface area contributed by atoms with E-state index in [1.165, 1.54) is 0 Å². The topological polar surface area (TPSA) is 81.4 Å². The van der Waals surface area contributed by atoms with E-state index in [-0.39, 0.29) is 5.78 Å². The molecular formula is C24H26ClN5O2. The highest BCUT2D eigenvalue weighted by Crippen LogP contribution is 2.28. The molecule has 4 rings (SSSR count). The second-order valence-electron chi connectivity index (χ2n) is 7.82. The van der Waals surface area contributed by atoms with Crippen molar-refractivity contribution in [1.82, 2.24) is 19.6 Å². The molecule has 32 heavy (non-hydrogen) atoms. The molecule has 7 nitrogen and oxygen atoms in total. The standard InChI is InChI=1S/C24H26ClN5O2/c1-15-13-19-20(14-22(15)32-3)30-16(2)28-29-24(30)23(27-19)26-12-8-4-5-11-21(31)17-9-6-7-10-18(17)25/h6-7,9-10,13-14H,4-5,8,11-12H2,1-3H3,(H,26,27). The van der Waals surface area contributed by atoms with E-state index in [9.17, 15) is 4.79 Å². The molecule has 0 radical (unpaired) electrons. The van der Waals surface area contributed by atoms with Crippen molar-refractivity contribution in [3.63, 3.8) is 0 Å². The molecule has 0 aliphatic heterocycles. The predicted molar refractivity (Wildman–Crippen MR) is 127 cm³/mol. The number of hydrogen-bond donors (Lipinski definition) is 1. The minimum absolute atomic E-state index is 0.0891. The van der Waals surface area contributed by atoms with Gasteiger partial charge < -0.3 is 10.1 Å². The zero-order valence-electron chi connectivity index (χ0n) is 18.5. The van der Waals surface area contributed by atoms with E-state index in [1.807, 2.05) is 42.5 Å². The van der Waals surface area contributed by atoms with Crippen molar-refractivity contribution < 1.29 is 9.53 Å². The minimum atomic E-state index is 0.0891. The van der Waals surface area contributed by atoms with Gasteiger partial charge in [0.25, 0.3) is 0 Å². The number of nitrogens with one attached hydrogen (secondary N) is 1. The number of ether oxygens (including phenoxy) is 1. The first kappa shape index (κ1) is 22.0. The van der Waals surface area contributed by atoms with Crippen LogP contribution in [0.2, 0.25) is 5.02 Å². The van der Waals surface area contributed by atoms with Crippen LogP contribution in [0.4, 0.5) is 5.82 Å². The van der Waals surface area contributed by atoms with Gasteiger partial charge in [-0.2, -0.15) is 0 Å². The van der Waals surface area contributed by atoms with Gasteiger partial charge in [0.05, 0.1) is 23.2 Å². The van der Waals surface area contributed by atoms with E-state index in [1.54, 1.807) is 19.2 Å². The van der Waals surface area contributed by atoms with E-state index < -0.39 is 0 Å². The van der Waals surface area contributed by atoms with Crippen molar-refractivity contribution >= 4 is 39.9 Å². The Morgan fingerprint density at radius 3 is 2.72 bits per heavy atom. The van der Waals surface area contributed by atoms with Gasteiger partial charge in [0.15, 0.2) is 11.6 Å². The lowest BCUT2D eigenvalue weighted by Gasteiger charge is -2.12. The number of nitrogens with zero attached hydrogens (tertiary/aromatic N) is 4. The Bertz CT molecular complexity index is 1280. The van der Waals surface area contributed by atoms with Crippen LogP contribution >= 0.6 is 11.6 Å². The number of aryl methyl sites for hydroxylation is 2. The largest absolute Gasteiger partial charge is 0.496 e. The number of aromatic nitrogens is 4. The number of anilines is 1. The minimum Gasteiger partial charge on any atom is -0.496 e. The smallest absolute Gasteiger partial charge is 0.204 e. The highest BCUT2D eigenvalue weighted by Gasteiger charge is 2.15. The third kappa shape index (κ3) is 4.39. The fourth-order valence-corrected chi connectivity index (χ4v) is 4.10. The maximum absolute atomic E-state index is 12.3. The average molecular weight is 452 g/mol. The van der Waals surface area contributed by atoms with Gasteiger partial charge in [-0.15, -0.1) is 10.2 Å². The molecule has 0 unspecified atom stereocenters. The number of hydrogen-bond acceptors (Lipinski definition) is 6. The third-order valence-electron chi connectivity index (χ3n) is 5.55. The molecule has 4 aromatic rings. The first-order valence-electron chi connectivity index (χ1n) is 10.7. The number of Topliss-reactive ketones (excluding diaryl/α,β-unsaturated/α-hetero) is 1. The van der Waals surface area contributed by atoms with E-state index in [2.05, 4.69) is 15.5 Å². The van der Waals surface area contributed by atoms with Gasteiger partial charge in [0, 0.05) is 24.6 Å². The van der Waals surface area contributed by atoms with Crippen molar-refractivity contribution in [2.24, 2.45) is 0 Å². The summed E-state index contributed by atoms with van der Waals surface area (Å²) in [4.78, 5) is 17.1. The number of unbranched alkanes of at least 4 members (excludes halogenated alkanes) is 2. The molecule has 8 heteroatoms. The second-order valence-corrected chi connectivity index (χ2v) is 8.22. The van der Waals surface area contributed by atoms with E-state index in [0.717, 1.165) is 54.0 Å². The summed E-state index contributed by atoms with van der Waals surface area (Å²) in [6.07, 6.45) is 3.15. The Balaban J connectivity index is 1.40. The van der Waals surface area contributed by atoms with E-state index in [4.69, 9.17) is 21.3 Å². The van der Waals surface area contributed by atoms with Gasteiger partial charge in [-0.3, -0.25) is 9.20 Å². The highest BCUT2D eigenvalue weighted by molar-refractivity contribution is 6.33. The number of ketones is 1. The summed E-state index contributed by atoms with van der Waals surface area (Å²) in [5, 5.41) is 12.5. The first-order chi connectivity index (χ1) is 15.5. The normalized spacial score (nSPS) is 11.2. The molecule has 1 N–H and O–H groups in total. The van der Waals surface area contributed by atoms with E-state index in [0.29, 0.717) is 28.5 Å². The van der Waals surface area contributed by atoms with Crippen LogP contribution in [0.1, 0.15) is 47.4 Å². The van der Waals surface area contributed by atoms with Crippen molar-refractivity contribution in [3.05, 3.63) is 58.4 Å². The van der Waals surface area contributed by atoms with Crippen molar-refractivity contribution in [1.29, 1.82) is 0 Å². The van der Waals surface area contributed by atoms with Crippen LogP contribution in [0.25, 0.3) is 16.7 Å². The first-order valence-corrected chi connectivity index (χ1v) is 11.1. The molecule has 0 bridgehead atoms. The van der Waals surface area contributed by atoms with Gasteiger partial charge in [-0.05, 0) is 50.5 Å². The zero-order chi connectivity index (χ0) is 22.7. The summed E-state index contributed by atoms with van der Waals surface area (Å²) in [7, 11) is 1.66. The zero-order valence-corrected chi connectivity index (χ0v) is 19.2. The molecular weight excluding hydrogens is 426 g/mol. The Morgan fingerprint density at radius 1 is 1.12 bits per heavy atom. The van der Waals surface area contributed by atoms with Crippen LogP contribution in [0.5, 0.6) is 5.75 Å². The van der Waals surface area contributed by atoms with Gasteiger partial charge in [-0.25, -0.2) is 4.98 Å². The molecule has 0 fully saturated rings. The fourth-order valence-electron chi connectivity index (χ4n) is 3.86. The van der Waals surface area contributed by atoms with Crippen molar-refractivity contribution in [3.8, 4) is 5.75 Å². The summed E-state index contributed by atoms with van der Waals surface area (Å²) in [6, 6.07) is 11.2. The number of carbonyl (C=O) groups excluding carboxylic acids is 1. The van der Waals surface area contributed by atoms with Crippen LogP contribution in [0.3, 0.4) is 0 Å². The summed E-state index contributed by atoms with van der Waals surface area (Å²) in [5.41, 5.74) is 4.07. The monoisotopic (exact) mass is 451 g/mol. The molecule has 0 amide bonds. The quantitative estimate of drug-likeness (QED) is 0.270. The van der Waals surface area contributed by atoms with Crippen LogP contribution in [0.15, 0.2) is 36.4 Å². The molecule has 2 aromatic heterocycles. The molecule has 0 atom stereocenters. The maximum Gasteiger partial charge on any atom is 0.204 e. The number of fused-ring (bicyclic) bond motifs is 3. The lowest BCUT2D eigenvalue weighted by molar-refractivity contribution is 0.0979. The van der Waals surface area contributed by atoms with Crippen LogP contribution in [0, 0.1) is 13.8 Å². The summed E-state index contributed by atoms with van der Waals surface area (Å²) >= 11 is 6.11. The SMILES string of the molecule is COc1cc2c(cc1C)nc(NCCCCCC(=O)c1ccccc1Cl)c1nnc(C)n12. The second kappa shape index (κ2) is 9.53. The Hall–Kier alpha value is -3.19. The van der Waals surface area contributed by atoms with Gasteiger partial charge in [-0.1, -0.05) is 30.2 Å². The molecule has 0 spiro atoms. The number of rotatable bonds is 9. The Kier molecular flexibility index (Phi) is 6.55. The van der Waals surface area contributed by atoms with Gasteiger partial charge in [0.1, 0.15) is 11.6 Å². The third-order valence-corrected chi connectivity index (χ3v) is 5.88. The van der Waals surface area contributed by atoms with E-state index >= 15 is 0 Å². The molecule has 2 aromatic carbocycles. The van der Waals surface area contributed by atoms with Crippen LogP contribution in [-0.2, 0) is 0 Å².